The first-order chi connectivity index (χ1) is 6.69. The van der Waals surface area contributed by atoms with Gasteiger partial charge in [0.15, 0.2) is 9.84 Å². The van der Waals surface area contributed by atoms with Gasteiger partial charge in [0.1, 0.15) is 5.37 Å². The molecule has 0 bridgehead atoms. The molecule has 3 nitrogen and oxygen atoms in total. The number of sulfone groups is 1. The molecule has 0 aromatic heterocycles. The first kappa shape index (κ1) is 14.7. The van der Waals surface area contributed by atoms with E-state index >= 15 is 0 Å². The maximum absolute atomic E-state index is 11.8. The standard InChI is InChI=1S/C8H16F3NO2S/c1-2-4-7(12)15(13,14)6-3-5-8(9,10)11/h7H,2-6,12H2,1H3. The van der Waals surface area contributed by atoms with Gasteiger partial charge in [-0.1, -0.05) is 13.3 Å². The molecule has 0 saturated heterocycles. The molecule has 0 fully saturated rings. The highest BCUT2D eigenvalue weighted by Crippen LogP contribution is 2.22. The van der Waals surface area contributed by atoms with Crippen molar-refractivity contribution in [3.63, 3.8) is 0 Å². The van der Waals surface area contributed by atoms with Crippen molar-refractivity contribution in [3.8, 4) is 0 Å². The van der Waals surface area contributed by atoms with Gasteiger partial charge in [0, 0.05) is 6.42 Å². The zero-order valence-electron chi connectivity index (χ0n) is 8.55. The molecule has 0 aromatic rings. The summed E-state index contributed by atoms with van der Waals surface area (Å²) in [4.78, 5) is 0. The number of alkyl halides is 3. The average molecular weight is 247 g/mol. The minimum Gasteiger partial charge on any atom is -0.315 e. The van der Waals surface area contributed by atoms with Crippen LogP contribution in [0.3, 0.4) is 0 Å². The molecular formula is C8H16F3NO2S. The lowest BCUT2D eigenvalue weighted by Gasteiger charge is -2.12. The van der Waals surface area contributed by atoms with E-state index in [1.165, 1.54) is 0 Å². The Bertz CT molecular complexity index is 274. The molecule has 0 spiro atoms. The molecule has 0 saturated carbocycles. The Morgan fingerprint density at radius 3 is 2.27 bits per heavy atom. The average Bonchev–Trinajstić information content (AvgIpc) is 2.01. The smallest absolute Gasteiger partial charge is 0.315 e. The zero-order chi connectivity index (χ0) is 12.1. The Labute approximate surface area is 87.8 Å². The fourth-order valence-corrected chi connectivity index (χ4v) is 2.53. The van der Waals surface area contributed by atoms with E-state index in [0.717, 1.165) is 0 Å². The minimum atomic E-state index is -4.30. The van der Waals surface area contributed by atoms with Crippen molar-refractivity contribution in [2.45, 2.75) is 44.2 Å². The summed E-state index contributed by atoms with van der Waals surface area (Å²) in [6, 6.07) is 0. The van der Waals surface area contributed by atoms with Crippen LogP contribution in [0.2, 0.25) is 0 Å². The summed E-state index contributed by atoms with van der Waals surface area (Å²) in [6.07, 6.45) is -4.91. The Balaban J connectivity index is 4.06. The molecule has 0 amide bonds. The monoisotopic (exact) mass is 247 g/mol. The van der Waals surface area contributed by atoms with Crippen molar-refractivity contribution in [2.75, 3.05) is 5.75 Å². The van der Waals surface area contributed by atoms with Gasteiger partial charge in [-0.3, -0.25) is 0 Å². The van der Waals surface area contributed by atoms with Crippen LogP contribution in [-0.4, -0.2) is 25.7 Å². The van der Waals surface area contributed by atoms with E-state index in [9.17, 15) is 21.6 Å². The van der Waals surface area contributed by atoms with Gasteiger partial charge in [0.2, 0.25) is 0 Å². The first-order valence-corrected chi connectivity index (χ1v) is 6.44. The molecule has 0 heterocycles. The van der Waals surface area contributed by atoms with Crippen LogP contribution in [0.5, 0.6) is 0 Å². The fraction of sp³-hybridized carbons (Fsp3) is 1.00. The van der Waals surface area contributed by atoms with Gasteiger partial charge >= 0.3 is 6.18 Å². The normalized spacial score (nSPS) is 15.3. The second-order valence-corrected chi connectivity index (χ2v) is 5.75. The topological polar surface area (TPSA) is 60.2 Å². The van der Waals surface area contributed by atoms with Crippen LogP contribution in [0.25, 0.3) is 0 Å². The van der Waals surface area contributed by atoms with Crippen LogP contribution in [0.15, 0.2) is 0 Å². The van der Waals surface area contributed by atoms with Crippen LogP contribution < -0.4 is 5.73 Å². The van der Waals surface area contributed by atoms with Gasteiger partial charge < -0.3 is 5.73 Å². The second kappa shape index (κ2) is 5.69. The van der Waals surface area contributed by atoms with Gasteiger partial charge in [-0.15, -0.1) is 0 Å². The summed E-state index contributed by atoms with van der Waals surface area (Å²) in [5.41, 5.74) is 5.34. The van der Waals surface area contributed by atoms with Crippen LogP contribution in [0.1, 0.15) is 32.6 Å². The third kappa shape index (κ3) is 6.72. The summed E-state index contributed by atoms with van der Waals surface area (Å²) in [5.74, 6) is -0.492. The lowest BCUT2D eigenvalue weighted by Crippen LogP contribution is -2.32. The van der Waals surface area contributed by atoms with E-state index in [-0.39, 0.29) is 6.42 Å². The molecule has 0 aromatic carbocycles. The molecule has 0 radical (unpaired) electrons. The summed E-state index contributed by atoms with van der Waals surface area (Å²) >= 11 is 0. The molecule has 1 unspecified atom stereocenters. The number of rotatable bonds is 6. The predicted octanol–water partition coefficient (Wildman–Crippen LogP) is 1.83. The van der Waals surface area contributed by atoms with Crippen LogP contribution in [0.4, 0.5) is 13.2 Å². The molecule has 0 rings (SSSR count). The predicted molar refractivity (Wildman–Crippen MR) is 52.0 cm³/mol. The number of hydrogen-bond donors (Lipinski definition) is 1. The molecule has 1 atom stereocenters. The highest BCUT2D eigenvalue weighted by Gasteiger charge is 2.28. The third-order valence-corrected chi connectivity index (χ3v) is 3.94. The summed E-state index contributed by atoms with van der Waals surface area (Å²) in [7, 11) is -3.57. The number of hydrogen-bond acceptors (Lipinski definition) is 3. The third-order valence-electron chi connectivity index (χ3n) is 1.92. The van der Waals surface area contributed by atoms with Crippen LogP contribution >= 0.6 is 0 Å². The molecular weight excluding hydrogens is 231 g/mol. The van der Waals surface area contributed by atoms with Crippen molar-refractivity contribution < 1.29 is 21.6 Å². The molecule has 15 heavy (non-hydrogen) atoms. The molecule has 2 N–H and O–H groups in total. The highest BCUT2D eigenvalue weighted by atomic mass is 32.2. The van der Waals surface area contributed by atoms with E-state index in [1.807, 2.05) is 0 Å². The molecule has 0 aliphatic carbocycles. The fourth-order valence-electron chi connectivity index (χ4n) is 1.09. The summed E-state index contributed by atoms with van der Waals surface area (Å²) < 4.78 is 57.9. The minimum absolute atomic E-state index is 0.286. The van der Waals surface area contributed by atoms with Gasteiger partial charge in [-0.25, -0.2) is 8.42 Å². The van der Waals surface area contributed by atoms with E-state index < -0.39 is 40.0 Å². The zero-order valence-corrected chi connectivity index (χ0v) is 9.37. The largest absolute Gasteiger partial charge is 0.389 e. The maximum atomic E-state index is 11.8. The van der Waals surface area contributed by atoms with Crippen LogP contribution in [-0.2, 0) is 9.84 Å². The molecule has 7 heteroatoms. The first-order valence-electron chi connectivity index (χ1n) is 4.73. The van der Waals surface area contributed by atoms with Gasteiger partial charge in [0.25, 0.3) is 0 Å². The number of halogens is 3. The van der Waals surface area contributed by atoms with Gasteiger partial charge in [-0.05, 0) is 12.8 Å². The quantitative estimate of drug-likeness (QED) is 0.779. The van der Waals surface area contributed by atoms with E-state index in [4.69, 9.17) is 5.73 Å². The Kier molecular flexibility index (Phi) is 5.58. The second-order valence-electron chi connectivity index (χ2n) is 3.41. The lowest BCUT2D eigenvalue weighted by molar-refractivity contribution is -0.134. The van der Waals surface area contributed by atoms with E-state index in [0.29, 0.717) is 6.42 Å². The van der Waals surface area contributed by atoms with Crippen LogP contribution in [0, 0.1) is 0 Å². The van der Waals surface area contributed by atoms with Gasteiger partial charge in [-0.2, -0.15) is 13.2 Å². The summed E-state index contributed by atoms with van der Waals surface area (Å²) in [6.45, 7) is 1.77. The molecule has 0 aliphatic rings. The van der Waals surface area contributed by atoms with E-state index in [1.54, 1.807) is 6.92 Å². The molecule has 92 valence electrons. The van der Waals surface area contributed by atoms with Gasteiger partial charge in [0.05, 0.1) is 5.75 Å². The molecule has 0 aliphatic heterocycles. The summed E-state index contributed by atoms with van der Waals surface area (Å²) in [5, 5.41) is -1.03. The Hall–Kier alpha value is -0.300. The maximum Gasteiger partial charge on any atom is 0.389 e. The van der Waals surface area contributed by atoms with Crippen molar-refractivity contribution >= 4 is 9.84 Å². The van der Waals surface area contributed by atoms with Crippen molar-refractivity contribution in [3.05, 3.63) is 0 Å². The Morgan fingerprint density at radius 2 is 1.87 bits per heavy atom. The lowest BCUT2D eigenvalue weighted by atomic mass is 10.3. The van der Waals surface area contributed by atoms with Crippen molar-refractivity contribution in [1.29, 1.82) is 0 Å². The Morgan fingerprint density at radius 1 is 1.33 bits per heavy atom. The number of nitrogens with two attached hydrogens (primary N) is 1. The van der Waals surface area contributed by atoms with E-state index in [2.05, 4.69) is 0 Å². The van der Waals surface area contributed by atoms with Crippen molar-refractivity contribution in [1.82, 2.24) is 0 Å². The highest BCUT2D eigenvalue weighted by molar-refractivity contribution is 7.91. The SMILES string of the molecule is CCCC(N)S(=O)(=O)CCCC(F)(F)F. The van der Waals surface area contributed by atoms with Crippen molar-refractivity contribution in [2.24, 2.45) is 5.73 Å².